The largest absolute Gasteiger partial charge is 0.481 e. The number of pyridine rings is 1. The van der Waals surface area contributed by atoms with Crippen LogP contribution in [0.15, 0.2) is 18.2 Å². The fourth-order valence-electron chi connectivity index (χ4n) is 2.32. The topological polar surface area (TPSA) is 50.2 Å². The van der Waals surface area contributed by atoms with Crippen molar-refractivity contribution in [3.05, 3.63) is 40.6 Å². The number of aliphatic carboxylic acids is 1. The summed E-state index contributed by atoms with van der Waals surface area (Å²) in [6, 6.07) is 6.13. The molecule has 2 aromatic rings. The van der Waals surface area contributed by atoms with Gasteiger partial charge in [-0.2, -0.15) is 0 Å². The number of rotatable bonds is 3. The molecule has 0 spiro atoms. The van der Waals surface area contributed by atoms with E-state index in [0.717, 1.165) is 33.3 Å². The maximum absolute atomic E-state index is 10.7. The minimum absolute atomic E-state index is 0.159. The average molecular weight is 243 g/mol. The predicted octanol–water partition coefficient (Wildman–Crippen LogP) is 3.18. The third-order valence-electron chi connectivity index (χ3n) is 3.19. The Labute approximate surface area is 106 Å². The van der Waals surface area contributed by atoms with Crippen LogP contribution in [0.3, 0.4) is 0 Å². The van der Waals surface area contributed by atoms with E-state index in [1.165, 1.54) is 0 Å². The Morgan fingerprint density at radius 3 is 2.56 bits per heavy atom. The molecular formula is C15H17NO2. The van der Waals surface area contributed by atoms with Gasteiger partial charge in [0.15, 0.2) is 0 Å². The molecular weight excluding hydrogens is 226 g/mol. The number of aryl methyl sites for hydroxylation is 4. The second kappa shape index (κ2) is 4.77. The Morgan fingerprint density at radius 1 is 1.22 bits per heavy atom. The highest BCUT2D eigenvalue weighted by Crippen LogP contribution is 2.25. The second-order valence-electron chi connectivity index (χ2n) is 4.74. The molecule has 0 amide bonds. The van der Waals surface area contributed by atoms with Crippen LogP contribution in [-0.4, -0.2) is 16.1 Å². The highest BCUT2D eigenvalue weighted by Gasteiger charge is 2.10. The van der Waals surface area contributed by atoms with Gasteiger partial charge < -0.3 is 5.11 Å². The van der Waals surface area contributed by atoms with Crippen molar-refractivity contribution in [3.8, 4) is 0 Å². The molecule has 3 nitrogen and oxygen atoms in total. The summed E-state index contributed by atoms with van der Waals surface area (Å²) in [5.74, 6) is -0.761. The SMILES string of the molecule is Cc1cc(CCC(=O)O)c2c(C)ccc(C)c2n1. The standard InChI is InChI=1S/C15H17NO2/c1-9-4-5-10(2)15-14(9)12(6-7-13(17)18)8-11(3)16-15/h4-5,8H,6-7H2,1-3H3,(H,17,18). The molecule has 0 unspecified atom stereocenters. The third-order valence-corrected chi connectivity index (χ3v) is 3.19. The number of carboxylic acids is 1. The summed E-state index contributed by atoms with van der Waals surface area (Å²) in [5, 5.41) is 9.94. The molecule has 3 heteroatoms. The molecule has 0 saturated carbocycles. The highest BCUT2D eigenvalue weighted by atomic mass is 16.4. The Hall–Kier alpha value is -1.90. The first-order valence-corrected chi connectivity index (χ1v) is 6.07. The zero-order chi connectivity index (χ0) is 13.3. The van der Waals surface area contributed by atoms with Crippen LogP contribution in [-0.2, 0) is 11.2 Å². The van der Waals surface area contributed by atoms with E-state index in [0.29, 0.717) is 6.42 Å². The van der Waals surface area contributed by atoms with Crippen molar-refractivity contribution in [2.45, 2.75) is 33.6 Å². The van der Waals surface area contributed by atoms with Crippen molar-refractivity contribution in [1.29, 1.82) is 0 Å². The van der Waals surface area contributed by atoms with Crippen LogP contribution in [0.5, 0.6) is 0 Å². The molecule has 1 N–H and O–H groups in total. The smallest absolute Gasteiger partial charge is 0.303 e. The van der Waals surface area contributed by atoms with Gasteiger partial charge in [0.25, 0.3) is 0 Å². The Morgan fingerprint density at radius 2 is 1.89 bits per heavy atom. The van der Waals surface area contributed by atoms with Crippen LogP contribution in [0.2, 0.25) is 0 Å². The highest BCUT2D eigenvalue weighted by molar-refractivity contribution is 5.88. The van der Waals surface area contributed by atoms with Gasteiger partial charge in [0, 0.05) is 17.5 Å². The van der Waals surface area contributed by atoms with Gasteiger partial charge in [-0.05, 0) is 49.9 Å². The lowest BCUT2D eigenvalue weighted by molar-refractivity contribution is -0.136. The number of carbonyl (C=O) groups is 1. The fraction of sp³-hybridized carbons (Fsp3) is 0.333. The van der Waals surface area contributed by atoms with E-state index in [1.54, 1.807) is 0 Å². The molecule has 1 aromatic carbocycles. The molecule has 94 valence electrons. The van der Waals surface area contributed by atoms with E-state index < -0.39 is 5.97 Å². The first-order valence-electron chi connectivity index (χ1n) is 6.07. The van der Waals surface area contributed by atoms with Crippen LogP contribution in [0.25, 0.3) is 10.9 Å². The zero-order valence-corrected chi connectivity index (χ0v) is 10.9. The monoisotopic (exact) mass is 243 g/mol. The van der Waals surface area contributed by atoms with E-state index in [9.17, 15) is 4.79 Å². The van der Waals surface area contributed by atoms with Crippen molar-refractivity contribution >= 4 is 16.9 Å². The summed E-state index contributed by atoms with van der Waals surface area (Å²) in [4.78, 5) is 15.3. The summed E-state index contributed by atoms with van der Waals surface area (Å²) in [6.07, 6.45) is 0.714. The van der Waals surface area contributed by atoms with Crippen molar-refractivity contribution < 1.29 is 9.90 Å². The van der Waals surface area contributed by atoms with Gasteiger partial charge in [-0.25, -0.2) is 0 Å². The normalized spacial score (nSPS) is 10.8. The number of hydrogen-bond donors (Lipinski definition) is 1. The Bertz CT molecular complexity index is 617. The van der Waals surface area contributed by atoms with Crippen molar-refractivity contribution in [1.82, 2.24) is 4.98 Å². The molecule has 0 saturated heterocycles. The molecule has 2 rings (SSSR count). The number of aromatic nitrogens is 1. The number of hydrogen-bond acceptors (Lipinski definition) is 2. The van der Waals surface area contributed by atoms with Gasteiger partial charge in [0.2, 0.25) is 0 Å². The summed E-state index contributed by atoms with van der Waals surface area (Å²) in [6.45, 7) is 6.03. The summed E-state index contributed by atoms with van der Waals surface area (Å²) in [5.41, 5.74) is 5.31. The lowest BCUT2D eigenvalue weighted by atomic mass is 9.97. The first kappa shape index (κ1) is 12.6. The van der Waals surface area contributed by atoms with Gasteiger partial charge in [0.05, 0.1) is 5.52 Å². The van der Waals surface area contributed by atoms with Gasteiger partial charge in [-0.3, -0.25) is 9.78 Å². The van der Waals surface area contributed by atoms with E-state index >= 15 is 0 Å². The van der Waals surface area contributed by atoms with Crippen molar-refractivity contribution in [2.75, 3.05) is 0 Å². The average Bonchev–Trinajstić information content (AvgIpc) is 2.30. The Kier molecular flexibility index (Phi) is 3.32. The van der Waals surface area contributed by atoms with Gasteiger partial charge in [-0.15, -0.1) is 0 Å². The maximum Gasteiger partial charge on any atom is 0.303 e. The maximum atomic E-state index is 10.7. The van der Waals surface area contributed by atoms with Crippen LogP contribution in [0.1, 0.15) is 28.8 Å². The number of nitrogens with zero attached hydrogens (tertiary/aromatic N) is 1. The molecule has 1 heterocycles. The summed E-state index contributed by atoms with van der Waals surface area (Å²) in [7, 11) is 0. The minimum atomic E-state index is -0.761. The molecule has 0 bridgehead atoms. The van der Waals surface area contributed by atoms with E-state index in [-0.39, 0.29) is 6.42 Å². The number of carboxylic acid groups (broad SMARTS) is 1. The van der Waals surface area contributed by atoms with E-state index in [4.69, 9.17) is 5.11 Å². The zero-order valence-electron chi connectivity index (χ0n) is 10.9. The van der Waals surface area contributed by atoms with E-state index in [2.05, 4.69) is 17.1 Å². The molecule has 0 atom stereocenters. The van der Waals surface area contributed by atoms with Gasteiger partial charge in [0.1, 0.15) is 0 Å². The molecule has 0 radical (unpaired) electrons. The number of fused-ring (bicyclic) bond motifs is 1. The minimum Gasteiger partial charge on any atom is -0.481 e. The fourth-order valence-corrected chi connectivity index (χ4v) is 2.32. The first-order chi connectivity index (χ1) is 8.49. The molecule has 0 aliphatic carbocycles. The lowest BCUT2D eigenvalue weighted by Crippen LogP contribution is -2.01. The lowest BCUT2D eigenvalue weighted by Gasteiger charge is -2.11. The summed E-state index contributed by atoms with van der Waals surface area (Å²) >= 11 is 0. The van der Waals surface area contributed by atoms with Gasteiger partial charge in [-0.1, -0.05) is 12.1 Å². The number of benzene rings is 1. The summed E-state index contributed by atoms with van der Waals surface area (Å²) < 4.78 is 0. The Balaban J connectivity index is 2.64. The molecule has 1 aromatic heterocycles. The molecule has 0 fully saturated rings. The molecule has 0 aliphatic rings. The van der Waals surface area contributed by atoms with Crippen LogP contribution in [0, 0.1) is 20.8 Å². The second-order valence-corrected chi connectivity index (χ2v) is 4.74. The third kappa shape index (κ3) is 2.35. The molecule has 18 heavy (non-hydrogen) atoms. The van der Waals surface area contributed by atoms with Crippen LogP contribution >= 0.6 is 0 Å². The molecule has 0 aliphatic heterocycles. The quantitative estimate of drug-likeness (QED) is 0.900. The van der Waals surface area contributed by atoms with Crippen molar-refractivity contribution in [2.24, 2.45) is 0 Å². The van der Waals surface area contributed by atoms with Crippen LogP contribution in [0.4, 0.5) is 0 Å². The van der Waals surface area contributed by atoms with Crippen LogP contribution < -0.4 is 0 Å². The predicted molar refractivity (Wildman–Crippen MR) is 71.9 cm³/mol. The van der Waals surface area contributed by atoms with Gasteiger partial charge >= 0.3 is 5.97 Å². The van der Waals surface area contributed by atoms with Crippen molar-refractivity contribution in [3.63, 3.8) is 0 Å². The van der Waals surface area contributed by atoms with E-state index in [1.807, 2.05) is 26.8 Å².